The summed E-state index contributed by atoms with van der Waals surface area (Å²) in [6, 6.07) is 5.19. The number of halogens is 3. The number of benzene rings is 1. The molecule has 2 N–H and O–H groups in total. The largest absolute Gasteiger partial charge is 0.342 e. The van der Waals surface area contributed by atoms with Crippen molar-refractivity contribution in [3.8, 4) is 0 Å². The molecule has 5 nitrogen and oxygen atoms in total. The minimum absolute atomic E-state index is 0.100. The van der Waals surface area contributed by atoms with Crippen molar-refractivity contribution in [2.45, 2.75) is 31.6 Å². The zero-order chi connectivity index (χ0) is 17.2. The maximum Gasteiger partial charge on any atom is 0.317 e. The van der Waals surface area contributed by atoms with Gasteiger partial charge in [-0.1, -0.05) is 11.6 Å². The number of hydrogen-bond donors (Lipinski definition) is 2. The molecule has 1 fully saturated rings. The second kappa shape index (κ2) is 6.93. The minimum atomic E-state index is -2.64. The Morgan fingerprint density at radius 3 is 2.88 bits per heavy atom. The van der Waals surface area contributed by atoms with Crippen molar-refractivity contribution in [3.63, 3.8) is 0 Å². The Morgan fingerprint density at radius 1 is 1.38 bits per heavy atom. The summed E-state index contributed by atoms with van der Waals surface area (Å²) < 4.78 is 26.1. The van der Waals surface area contributed by atoms with Crippen molar-refractivity contribution in [1.29, 1.82) is 0 Å². The van der Waals surface area contributed by atoms with Crippen LogP contribution in [0, 0.1) is 0 Å². The van der Waals surface area contributed by atoms with Crippen molar-refractivity contribution in [3.05, 3.63) is 29.0 Å². The van der Waals surface area contributed by atoms with Crippen LogP contribution in [0.1, 0.15) is 25.1 Å². The predicted octanol–water partition coefficient (Wildman–Crippen LogP) is 3.59. The van der Waals surface area contributed by atoms with Gasteiger partial charge in [-0.3, -0.25) is 0 Å². The lowest BCUT2D eigenvalue weighted by Crippen LogP contribution is -2.47. The molecule has 0 bridgehead atoms. The molecule has 0 radical (unpaired) electrons. The van der Waals surface area contributed by atoms with E-state index in [9.17, 15) is 13.6 Å². The molecular formula is C16H19ClF2N4O. The highest BCUT2D eigenvalue weighted by Crippen LogP contribution is 2.27. The van der Waals surface area contributed by atoms with E-state index in [1.165, 1.54) is 4.90 Å². The average molecular weight is 357 g/mol. The van der Waals surface area contributed by atoms with Gasteiger partial charge in [0.05, 0.1) is 11.0 Å². The fraction of sp³-hybridized carbons (Fsp3) is 0.500. The van der Waals surface area contributed by atoms with E-state index in [0.717, 1.165) is 16.9 Å². The molecule has 8 heteroatoms. The lowest BCUT2D eigenvalue weighted by molar-refractivity contribution is -0.0469. The SMILES string of the molecule is O=C(NCCCc1nc2ccc(Cl)cc2[nH]1)N1CCC(F)(F)CC1. The first-order chi connectivity index (χ1) is 11.4. The van der Waals surface area contributed by atoms with Crippen LogP contribution in [0.4, 0.5) is 13.6 Å². The molecule has 3 rings (SSSR count). The molecule has 130 valence electrons. The number of aromatic amines is 1. The van der Waals surface area contributed by atoms with Crippen LogP contribution < -0.4 is 5.32 Å². The van der Waals surface area contributed by atoms with Crippen molar-refractivity contribution >= 4 is 28.7 Å². The van der Waals surface area contributed by atoms with Gasteiger partial charge >= 0.3 is 6.03 Å². The zero-order valence-corrected chi connectivity index (χ0v) is 13.9. The maximum absolute atomic E-state index is 13.1. The Morgan fingerprint density at radius 2 is 2.12 bits per heavy atom. The second-order valence-electron chi connectivity index (χ2n) is 6.02. The van der Waals surface area contributed by atoms with Crippen molar-refractivity contribution < 1.29 is 13.6 Å². The van der Waals surface area contributed by atoms with Crippen molar-refractivity contribution in [1.82, 2.24) is 20.2 Å². The first kappa shape index (κ1) is 17.0. The lowest BCUT2D eigenvalue weighted by atomic mass is 10.1. The first-order valence-electron chi connectivity index (χ1n) is 7.98. The fourth-order valence-corrected chi connectivity index (χ4v) is 2.93. The summed E-state index contributed by atoms with van der Waals surface area (Å²) in [6.07, 6.45) is 0.873. The number of imidazole rings is 1. The third kappa shape index (κ3) is 4.14. The van der Waals surface area contributed by atoms with Gasteiger partial charge in [-0.2, -0.15) is 0 Å². The number of carbonyl (C=O) groups is 1. The number of nitrogens with one attached hydrogen (secondary N) is 2. The van der Waals surface area contributed by atoms with Gasteiger partial charge in [-0.05, 0) is 24.6 Å². The number of aryl methyl sites for hydroxylation is 1. The number of H-pyrrole nitrogens is 1. The molecule has 1 aliphatic heterocycles. The lowest BCUT2D eigenvalue weighted by Gasteiger charge is -2.31. The molecule has 0 aliphatic carbocycles. The monoisotopic (exact) mass is 356 g/mol. The molecule has 0 unspecified atom stereocenters. The Balaban J connectivity index is 1.42. The number of nitrogens with zero attached hydrogens (tertiary/aromatic N) is 2. The van der Waals surface area contributed by atoms with Gasteiger partial charge in [0.15, 0.2) is 0 Å². The molecule has 1 saturated heterocycles. The normalized spacial score (nSPS) is 17.2. The number of fused-ring (bicyclic) bond motifs is 1. The van der Waals surface area contributed by atoms with E-state index in [4.69, 9.17) is 11.6 Å². The number of alkyl halides is 2. The smallest absolute Gasteiger partial charge is 0.317 e. The summed E-state index contributed by atoms with van der Waals surface area (Å²) in [4.78, 5) is 21.0. The summed E-state index contributed by atoms with van der Waals surface area (Å²) >= 11 is 5.93. The number of urea groups is 1. The zero-order valence-electron chi connectivity index (χ0n) is 13.1. The van der Waals surface area contributed by atoms with Crippen LogP contribution in [0.2, 0.25) is 5.02 Å². The molecule has 2 heterocycles. The Kier molecular flexibility index (Phi) is 4.89. The molecule has 0 spiro atoms. The number of amides is 2. The average Bonchev–Trinajstić information content (AvgIpc) is 2.93. The predicted molar refractivity (Wildman–Crippen MR) is 88.6 cm³/mol. The molecule has 0 saturated carbocycles. The van der Waals surface area contributed by atoms with Gasteiger partial charge in [0.1, 0.15) is 5.82 Å². The maximum atomic E-state index is 13.1. The summed E-state index contributed by atoms with van der Waals surface area (Å²) in [5.74, 6) is -1.81. The molecule has 2 amide bonds. The van der Waals surface area contributed by atoms with Gasteiger partial charge < -0.3 is 15.2 Å². The Labute approximate surface area is 143 Å². The topological polar surface area (TPSA) is 61.0 Å². The van der Waals surface area contributed by atoms with Crippen molar-refractivity contribution in [2.24, 2.45) is 0 Å². The molecule has 24 heavy (non-hydrogen) atoms. The second-order valence-corrected chi connectivity index (χ2v) is 6.46. The van der Waals surface area contributed by atoms with E-state index >= 15 is 0 Å². The number of likely N-dealkylation sites (tertiary alicyclic amines) is 1. The van der Waals surface area contributed by atoms with E-state index < -0.39 is 5.92 Å². The number of carbonyl (C=O) groups excluding carboxylic acids is 1. The fourth-order valence-electron chi connectivity index (χ4n) is 2.75. The molecule has 1 aromatic carbocycles. The van der Waals surface area contributed by atoms with E-state index in [-0.39, 0.29) is 32.0 Å². The Bertz CT molecular complexity index is 724. The molecule has 1 aromatic heterocycles. The first-order valence-corrected chi connectivity index (χ1v) is 8.35. The number of aromatic nitrogens is 2. The van der Waals surface area contributed by atoms with Gasteiger partial charge in [0.2, 0.25) is 0 Å². The van der Waals surface area contributed by atoms with E-state index in [0.29, 0.717) is 24.4 Å². The number of piperidine rings is 1. The number of rotatable bonds is 4. The van der Waals surface area contributed by atoms with Crippen LogP contribution in [-0.2, 0) is 6.42 Å². The highest BCUT2D eigenvalue weighted by atomic mass is 35.5. The van der Waals surface area contributed by atoms with Crippen LogP contribution in [0.15, 0.2) is 18.2 Å². The quantitative estimate of drug-likeness (QED) is 0.822. The molecule has 2 aromatic rings. The van der Waals surface area contributed by atoms with Crippen LogP contribution in [0.5, 0.6) is 0 Å². The minimum Gasteiger partial charge on any atom is -0.342 e. The highest BCUT2D eigenvalue weighted by molar-refractivity contribution is 6.31. The van der Waals surface area contributed by atoms with Crippen LogP contribution in [-0.4, -0.2) is 46.5 Å². The van der Waals surface area contributed by atoms with Crippen molar-refractivity contribution in [2.75, 3.05) is 19.6 Å². The van der Waals surface area contributed by atoms with Crippen LogP contribution >= 0.6 is 11.6 Å². The third-order valence-electron chi connectivity index (χ3n) is 4.14. The van der Waals surface area contributed by atoms with Gasteiger partial charge in [0, 0.05) is 43.9 Å². The summed E-state index contributed by atoms with van der Waals surface area (Å²) in [5, 5.41) is 3.42. The standard InChI is InChI=1S/C16H19ClF2N4O/c17-11-3-4-12-13(10-11)22-14(21-12)2-1-7-20-15(24)23-8-5-16(18,19)6-9-23/h3-4,10H,1-2,5-9H2,(H,20,24)(H,21,22). The summed E-state index contributed by atoms with van der Waals surface area (Å²) in [5.41, 5.74) is 1.74. The van der Waals surface area contributed by atoms with E-state index in [1.54, 1.807) is 6.07 Å². The van der Waals surface area contributed by atoms with Crippen LogP contribution in [0.3, 0.4) is 0 Å². The van der Waals surface area contributed by atoms with Gasteiger partial charge in [0.25, 0.3) is 5.92 Å². The molecule has 0 atom stereocenters. The van der Waals surface area contributed by atoms with E-state index in [1.807, 2.05) is 12.1 Å². The summed E-state index contributed by atoms with van der Waals surface area (Å²) in [7, 11) is 0. The molecular weight excluding hydrogens is 338 g/mol. The van der Waals surface area contributed by atoms with Crippen LogP contribution in [0.25, 0.3) is 11.0 Å². The summed E-state index contributed by atoms with van der Waals surface area (Å²) in [6.45, 7) is 0.676. The number of hydrogen-bond acceptors (Lipinski definition) is 2. The third-order valence-corrected chi connectivity index (χ3v) is 4.38. The Hall–Kier alpha value is -1.89. The highest BCUT2D eigenvalue weighted by Gasteiger charge is 2.35. The van der Waals surface area contributed by atoms with E-state index in [2.05, 4.69) is 15.3 Å². The molecule has 1 aliphatic rings. The van der Waals surface area contributed by atoms with Gasteiger partial charge in [-0.25, -0.2) is 18.6 Å². The van der Waals surface area contributed by atoms with Gasteiger partial charge in [-0.15, -0.1) is 0 Å².